The molecule has 0 saturated heterocycles. The Morgan fingerprint density at radius 3 is 1.71 bits per heavy atom. The summed E-state index contributed by atoms with van der Waals surface area (Å²) in [5, 5.41) is 4.59. The Balaban J connectivity index is 1.09. The van der Waals surface area contributed by atoms with E-state index in [4.69, 9.17) is 19.4 Å². The summed E-state index contributed by atoms with van der Waals surface area (Å²) in [6, 6.07) is 67.5. The zero-order valence-electron chi connectivity index (χ0n) is 30.2. The van der Waals surface area contributed by atoms with Crippen LogP contribution in [0.15, 0.2) is 199 Å². The summed E-state index contributed by atoms with van der Waals surface area (Å²) in [5.74, 6) is 1.85. The molecule has 0 atom stereocenters. The van der Waals surface area contributed by atoms with Crippen LogP contribution in [0, 0.1) is 0 Å². The summed E-state index contributed by atoms with van der Waals surface area (Å²) in [6.45, 7) is 0. The van der Waals surface area contributed by atoms with Crippen molar-refractivity contribution in [1.29, 1.82) is 0 Å². The molecule has 0 spiro atoms. The summed E-state index contributed by atoms with van der Waals surface area (Å²) in [5.41, 5.74) is 12.3. The van der Waals surface area contributed by atoms with Gasteiger partial charge in [-0.15, -0.1) is 0 Å². The van der Waals surface area contributed by atoms with E-state index in [1.54, 1.807) is 0 Å². The molecule has 0 fully saturated rings. The molecule has 0 unspecified atom stereocenters. The second-order valence-corrected chi connectivity index (χ2v) is 14.0. The van der Waals surface area contributed by atoms with Crippen molar-refractivity contribution < 1.29 is 4.42 Å². The van der Waals surface area contributed by atoms with Gasteiger partial charge in [-0.1, -0.05) is 140 Å². The fourth-order valence-electron chi connectivity index (χ4n) is 7.99. The first-order chi connectivity index (χ1) is 27.7. The second kappa shape index (κ2) is 13.0. The van der Waals surface area contributed by atoms with Crippen molar-refractivity contribution >= 4 is 43.7 Å². The Morgan fingerprint density at radius 2 is 0.875 bits per heavy atom. The highest BCUT2D eigenvalue weighted by atomic mass is 16.3. The molecule has 0 bridgehead atoms. The first-order valence-electron chi connectivity index (χ1n) is 18.8. The van der Waals surface area contributed by atoms with Crippen LogP contribution < -0.4 is 0 Å². The number of fused-ring (bicyclic) bond motifs is 6. The molecular formula is C51H32N4O. The fourth-order valence-corrected chi connectivity index (χ4v) is 7.99. The molecule has 11 rings (SSSR count). The second-order valence-electron chi connectivity index (χ2n) is 14.0. The third kappa shape index (κ3) is 5.37. The highest BCUT2D eigenvalue weighted by molar-refractivity contribution is 6.11. The van der Waals surface area contributed by atoms with Crippen LogP contribution in [0.25, 0.3) is 106 Å². The maximum absolute atomic E-state index is 6.14. The number of benzene rings is 8. The normalized spacial score (nSPS) is 11.6. The van der Waals surface area contributed by atoms with Crippen LogP contribution in [-0.4, -0.2) is 19.5 Å². The Labute approximate surface area is 322 Å². The lowest BCUT2D eigenvalue weighted by Gasteiger charge is -2.15. The molecule has 0 N–H and O–H groups in total. The Kier molecular flexibility index (Phi) is 7.42. The van der Waals surface area contributed by atoms with Crippen molar-refractivity contribution in [2.75, 3.05) is 0 Å². The van der Waals surface area contributed by atoms with Crippen molar-refractivity contribution in [2.24, 2.45) is 0 Å². The first kappa shape index (κ1) is 31.9. The third-order valence-electron chi connectivity index (χ3n) is 10.7. The van der Waals surface area contributed by atoms with E-state index >= 15 is 0 Å². The summed E-state index contributed by atoms with van der Waals surface area (Å²) in [4.78, 5) is 15.4. The van der Waals surface area contributed by atoms with Gasteiger partial charge in [0.1, 0.15) is 11.2 Å². The highest BCUT2D eigenvalue weighted by Gasteiger charge is 2.20. The maximum Gasteiger partial charge on any atom is 0.166 e. The number of para-hydroxylation sites is 3. The standard InChI is InChI=1S/C51H32N4O/c1-3-14-33(15-4-1)35-18-13-19-38(30-35)50-52-49(34-16-5-2-6-17-34)53-51(54-50)41-22-8-11-24-45(41)55-44-23-10-7-20-39(44)42-31-36(26-28-46(42)55)37-27-29-48-43(32-37)40-21-9-12-25-47(40)56-48/h1-32H. The molecule has 8 aromatic carbocycles. The number of hydrogen-bond donors (Lipinski definition) is 0. The molecule has 0 radical (unpaired) electrons. The highest BCUT2D eigenvalue weighted by Crippen LogP contribution is 2.39. The minimum Gasteiger partial charge on any atom is -0.456 e. The average molecular weight is 717 g/mol. The number of nitrogens with zero attached hydrogens (tertiary/aromatic N) is 4. The third-order valence-corrected chi connectivity index (χ3v) is 10.7. The van der Waals surface area contributed by atoms with E-state index in [0.29, 0.717) is 17.5 Å². The van der Waals surface area contributed by atoms with Crippen LogP contribution in [-0.2, 0) is 0 Å². The van der Waals surface area contributed by atoms with Gasteiger partial charge in [-0.3, -0.25) is 0 Å². The lowest BCUT2D eigenvalue weighted by Crippen LogP contribution is -2.03. The van der Waals surface area contributed by atoms with E-state index in [1.165, 1.54) is 10.8 Å². The van der Waals surface area contributed by atoms with Crippen molar-refractivity contribution in [3.63, 3.8) is 0 Å². The molecule has 0 aliphatic rings. The fraction of sp³-hybridized carbons (Fsp3) is 0. The molecule has 0 aliphatic heterocycles. The van der Waals surface area contributed by atoms with Gasteiger partial charge in [0.25, 0.3) is 0 Å². The molecule has 5 nitrogen and oxygen atoms in total. The van der Waals surface area contributed by atoms with Crippen LogP contribution in [0.3, 0.4) is 0 Å². The van der Waals surface area contributed by atoms with Crippen molar-refractivity contribution in [3.8, 4) is 62.1 Å². The first-order valence-corrected chi connectivity index (χ1v) is 18.8. The van der Waals surface area contributed by atoms with Gasteiger partial charge in [-0.05, 0) is 76.9 Å². The quantitative estimate of drug-likeness (QED) is 0.172. The zero-order valence-corrected chi connectivity index (χ0v) is 30.2. The van der Waals surface area contributed by atoms with Gasteiger partial charge < -0.3 is 8.98 Å². The molecule has 0 amide bonds. The molecule has 0 aliphatic carbocycles. The topological polar surface area (TPSA) is 56.7 Å². The molecule has 3 aromatic heterocycles. The van der Waals surface area contributed by atoms with E-state index in [1.807, 2.05) is 48.5 Å². The monoisotopic (exact) mass is 716 g/mol. The van der Waals surface area contributed by atoms with Gasteiger partial charge >= 0.3 is 0 Å². The molecule has 11 aromatic rings. The summed E-state index contributed by atoms with van der Waals surface area (Å²) in [6.07, 6.45) is 0. The van der Waals surface area contributed by atoms with Gasteiger partial charge in [0.2, 0.25) is 0 Å². The smallest absolute Gasteiger partial charge is 0.166 e. The molecule has 3 heterocycles. The van der Waals surface area contributed by atoms with Gasteiger partial charge in [0.05, 0.1) is 16.7 Å². The van der Waals surface area contributed by atoms with Crippen LogP contribution in [0.4, 0.5) is 0 Å². The van der Waals surface area contributed by atoms with Crippen molar-refractivity contribution in [2.45, 2.75) is 0 Å². The van der Waals surface area contributed by atoms with Crippen molar-refractivity contribution in [1.82, 2.24) is 19.5 Å². The largest absolute Gasteiger partial charge is 0.456 e. The summed E-state index contributed by atoms with van der Waals surface area (Å²) in [7, 11) is 0. The number of furan rings is 1. The van der Waals surface area contributed by atoms with Crippen LogP contribution in [0.2, 0.25) is 0 Å². The molecule has 0 saturated carbocycles. The van der Waals surface area contributed by atoms with Crippen molar-refractivity contribution in [3.05, 3.63) is 194 Å². The maximum atomic E-state index is 6.14. The molecule has 262 valence electrons. The predicted molar refractivity (Wildman–Crippen MR) is 229 cm³/mol. The van der Waals surface area contributed by atoms with Gasteiger partial charge in [0, 0.05) is 38.2 Å². The van der Waals surface area contributed by atoms with Crippen LogP contribution >= 0.6 is 0 Å². The predicted octanol–water partition coefficient (Wildman–Crippen LogP) is 13.2. The lowest BCUT2D eigenvalue weighted by molar-refractivity contribution is 0.669. The molecule has 56 heavy (non-hydrogen) atoms. The zero-order chi connectivity index (χ0) is 37.0. The van der Waals surface area contributed by atoms with Crippen LogP contribution in [0.1, 0.15) is 0 Å². The summed E-state index contributed by atoms with van der Waals surface area (Å²) < 4.78 is 8.49. The van der Waals surface area contributed by atoms with E-state index in [0.717, 1.165) is 77.6 Å². The number of aromatic nitrogens is 4. The number of rotatable bonds is 6. The lowest BCUT2D eigenvalue weighted by atomic mass is 10.0. The Morgan fingerprint density at radius 1 is 0.321 bits per heavy atom. The van der Waals surface area contributed by atoms with E-state index in [-0.39, 0.29) is 0 Å². The average Bonchev–Trinajstić information content (AvgIpc) is 3.82. The summed E-state index contributed by atoms with van der Waals surface area (Å²) >= 11 is 0. The van der Waals surface area contributed by atoms with Crippen LogP contribution in [0.5, 0.6) is 0 Å². The van der Waals surface area contributed by atoms with Gasteiger partial charge in [-0.25, -0.2) is 15.0 Å². The van der Waals surface area contributed by atoms with E-state index < -0.39 is 0 Å². The number of hydrogen-bond acceptors (Lipinski definition) is 4. The van der Waals surface area contributed by atoms with E-state index in [2.05, 4.69) is 150 Å². The van der Waals surface area contributed by atoms with Gasteiger partial charge in [-0.2, -0.15) is 0 Å². The van der Waals surface area contributed by atoms with E-state index in [9.17, 15) is 0 Å². The molecular weight excluding hydrogens is 685 g/mol. The van der Waals surface area contributed by atoms with Gasteiger partial charge in [0.15, 0.2) is 17.5 Å². The Hall–Kier alpha value is -7.63. The molecule has 5 heteroatoms. The Bertz CT molecular complexity index is 3250. The SMILES string of the molecule is c1ccc(-c2cccc(-c3nc(-c4ccccc4)nc(-c4ccccc4-n4c5ccccc5c5cc(-c6ccc7oc8ccccc8c7c6)ccc54)n3)c2)cc1. The minimum absolute atomic E-state index is 0.609. The minimum atomic E-state index is 0.609.